The largest absolute Gasteiger partial charge is 0.305 e. The summed E-state index contributed by atoms with van der Waals surface area (Å²) in [6.07, 6.45) is 14.2. The maximum Gasteiger partial charge on any atom is 0.299 e. The smallest absolute Gasteiger partial charge is 0.299 e. The SMILES string of the molecule is Cc1ccc2c(c1)C(=O)C(=O)N2CCCCCCn1cc(C2C=CC=C2)nn1. The summed E-state index contributed by atoms with van der Waals surface area (Å²) in [6.45, 7) is 3.37. The van der Waals surface area contributed by atoms with Gasteiger partial charge in [-0.3, -0.25) is 14.3 Å². The quantitative estimate of drug-likeness (QED) is 0.522. The van der Waals surface area contributed by atoms with E-state index < -0.39 is 5.91 Å². The Bertz CT molecular complexity index is 945. The zero-order valence-corrected chi connectivity index (χ0v) is 16.0. The predicted octanol–water partition coefficient (Wildman–Crippen LogP) is 3.59. The first-order valence-corrected chi connectivity index (χ1v) is 9.85. The number of hydrogen-bond acceptors (Lipinski definition) is 4. The van der Waals surface area contributed by atoms with Gasteiger partial charge in [-0.05, 0) is 31.9 Å². The monoisotopic (exact) mass is 376 g/mol. The summed E-state index contributed by atoms with van der Waals surface area (Å²) < 4.78 is 1.90. The molecule has 2 aromatic rings. The van der Waals surface area contributed by atoms with Gasteiger partial charge in [-0.15, -0.1) is 5.10 Å². The molecule has 0 saturated heterocycles. The van der Waals surface area contributed by atoms with Crippen molar-refractivity contribution in [3.63, 3.8) is 0 Å². The highest BCUT2D eigenvalue weighted by molar-refractivity contribution is 6.52. The molecule has 1 aliphatic heterocycles. The third-order valence-electron chi connectivity index (χ3n) is 5.29. The fourth-order valence-electron chi connectivity index (χ4n) is 3.74. The molecule has 0 saturated carbocycles. The van der Waals surface area contributed by atoms with Crippen LogP contribution in [0.15, 0.2) is 48.7 Å². The van der Waals surface area contributed by atoms with Crippen molar-refractivity contribution >= 4 is 17.4 Å². The Balaban J connectivity index is 1.21. The van der Waals surface area contributed by atoms with Crippen LogP contribution in [0.4, 0.5) is 5.69 Å². The lowest BCUT2D eigenvalue weighted by atomic mass is 10.1. The van der Waals surface area contributed by atoms with Gasteiger partial charge in [0.1, 0.15) is 0 Å². The summed E-state index contributed by atoms with van der Waals surface area (Å²) in [5.74, 6) is -0.528. The Kier molecular flexibility index (Phi) is 5.19. The van der Waals surface area contributed by atoms with E-state index in [1.54, 1.807) is 11.0 Å². The van der Waals surface area contributed by atoms with Crippen LogP contribution in [0, 0.1) is 6.92 Å². The molecule has 0 unspecified atom stereocenters. The third kappa shape index (κ3) is 3.67. The molecule has 1 aromatic heterocycles. The number of nitrogens with zero attached hydrogens (tertiary/aromatic N) is 4. The van der Waals surface area contributed by atoms with Gasteiger partial charge < -0.3 is 4.90 Å². The van der Waals surface area contributed by atoms with Gasteiger partial charge in [-0.2, -0.15) is 0 Å². The second-order valence-electron chi connectivity index (χ2n) is 7.42. The molecule has 0 bridgehead atoms. The number of unbranched alkanes of at least 4 members (excludes halogenated alkanes) is 3. The second-order valence-corrected chi connectivity index (χ2v) is 7.42. The van der Waals surface area contributed by atoms with Crippen molar-refractivity contribution in [2.24, 2.45) is 0 Å². The number of anilines is 1. The number of rotatable bonds is 8. The van der Waals surface area contributed by atoms with Gasteiger partial charge in [0.25, 0.3) is 11.7 Å². The molecule has 28 heavy (non-hydrogen) atoms. The van der Waals surface area contributed by atoms with Gasteiger partial charge >= 0.3 is 0 Å². The summed E-state index contributed by atoms with van der Waals surface area (Å²) in [4.78, 5) is 26.0. The van der Waals surface area contributed by atoms with Crippen molar-refractivity contribution in [1.29, 1.82) is 0 Å². The first kappa shape index (κ1) is 18.3. The van der Waals surface area contributed by atoms with Gasteiger partial charge in [0.2, 0.25) is 0 Å². The number of carbonyl (C=O) groups excluding carboxylic acids is 2. The summed E-state index contributed by atoms with van der Waals surface area (Å²) in [6, 6.07) is 5.63. The lowest BCUT2D eigenvalue weighted by Crippen LogP contribution is -2.30. The van der Waals surface area contributed by atoms with Crippen LogP contribution in [0.25, 0.3) is 0 Å². The number of amides is 1. The van der Waals surface area contributed by atoms with Crippen molar-refractivity contribution in [3.05, 3.63) is 65.5 Å². The summed E-state index contributed by atoms with van der Waals surface area (Å²) in [5, 5.41) is 8.44. The Hall–Kier alpha value is -3.02. The molecule has 0 fully saturated rings. The molecule has 1 aromatic carbocycles. The number of allylic oxidation sites excluding steroid dienone is 4. The maximum absolute atomic E-state index is 12.2. The fourth-order valence-corrected chi connectivity index (χ4v) is 3.74. The lowest BCUT2D eigenvalue weighted by Gasteiger charge is -2.16. The van der Waals surface area contributed by atoms with Crippen LogP contribution in [0.1, 0.15) is 53.2 Å². The number of fused-ring (bicyclic) bond motifs is 1. The van der Waals surface area contributed by atoms with E-state index in [9.17, 15) is 9.59 Å². The maximum atomic E-state index is 12.2. The van der Waals surface area contributed by atoms with E-state index in [0.717, 1.165) is 49.2 Å². The van der Waals surface area contributed by atoms with Crippen molar-refractivity contribution in [2.75, 3.05) is 11.4 Å². The van der Waals surface area contributed by atoms with Gasteiger partial charge in [-0.1, -0.05) is 54.0 Å². The second kappa shape index (κ2) is 7.92. The number of benzene rings is 1. The normalized spacial score (nSPS) is 15.8. The average Bonchev–Trinajstić information content (AvgIpc) is 3.42. The molecule has 0 radical (unpaired) electrons. The molecule has 2 heterocycles. The van der Waals surface area contributed by atoms with Crippen molar-refractivity contribution in [1.82, 2.24) is 15.0 Å². The zero-order chi connectivity index (χ0) is 19.5. The van der Waals surface area contributed by atoms with Crippen molar-refractivity contribution in [3.8, 4) is 0 Å². The number of carbonyl (C=O) groups is 2. The molecule has 4 rings (SSSR count). The molecule has 6 heteroatoms. The summed E-state index contributed by atoms with van der Waals surface area (Å²) >= 11 is 0. The van der Waals surface area contributed by atoms with E-state index in [1.807, 2.05) is 42.1 Å². The number of aromatic nitrogens is 3. The van der Waals surface area contributed by atoms with Crippen LogP contribution >= 0.6 is 0 Å². The van der Waals surface area contributed by atoms with Crippen LogP contribution in [0.2, 0.25) is 0 Å². The third-order valence-corrected chi connectivity index (χ3v) is 5.29. The Morgan fingerprint density at radius 1 is 1.00 bits per heavy atom. The van der Waals surface area contributed by atoms with Crippen LogP contribution in [0.3, 0.4) is 0 Å². The molecule has 1 aliphatic carbocycles. The van der Waals surface area contributed by atoms with Gasteiger partial charge in [-0.25, -0.2) is 0 Å². The minimum atomic E-state index is -0.397. The molecular weight excluding hydrogens is 352 g/mol. The molecule has 2 aliphatic rings. The molecule has 1 amide bonds. The molecule has 144 valence electrons. The molecule has 0 spiro atoms. The van der Waals surface area contributed by atoms with E-state index in [0.29, 0.717) is 12.1 Å². The first-order chi connectivity index (χ1) is 13.6. The Morgan fingerprint density at radius 2 is 1.75 bits per heavy atom. The molecule has 0 N–H and O–H groups in total. The van der Waals surface area contributed by atoms with Gasteiger partial charge in [0.05, 0.1) is 16.9 Å². The van der Waals surface area contributed by atoms with E-state index in [2.05, 4.69) is 22.5 Å². The van der Waals surface area contributed by atoms with E-state index in [1.165, 1.54) is 0 Å². The number of hydrogen-bond donors (Lipinski definition) is 0. The number of ketones is 1. The van der Waals surface area contributed by atoms with E-state index >= 15 is 0 Å². The van der Waals surface area contributed by atoms with Crippen molar-refractivity contribution in [2.45, 2.75) is 45.1 Å². The Labute approximate surface area is 164 Å². The fraction of sp³-hybridized carbons (Fsp3) is 0.364. The molecular formula is C22H24N4O2. The minimum Gasteiger partial charge on any atom is -0.305 e. The summed E-state index contributed by atoms with van der Waals surface area (Å²) in [5.41, 5.74) is 3.28. The average molecular weight is 376 g/mol. The highest BCUT2D eigenvalue weighted by Crippen LogP contribution is 2.30. The van der Waals surface area contributed by atoms with Crippen LogP contribution in [0.5, 0.6) is 0 Å². The molecule has 0 atom stereocenters. The highest BCUT2D eigenvalue weighted by atomic mass is 16.2. The number of Topliss-reactive ketones (excluding diaryl/α,β-unsaturated/α-hetero) is 1. The van der Waals surface area contributed by atoms with Gasteiger partial charge in [0, 0.05) is 25.2 Å². The lowest BCUT2D eigenvalue weighted by molar-refractivity contribution is -0.114. The first-order valence-electron chi connectivity index (χ1n) is 9.85. The predicted molar refractivity (Wildman–Crippen MR) is 107 cm³/mol. The zero-order valence-electron chi connectivity index (χ0n) is 16.0. The van der Waals surface area contributed by atoms with Crippen LogP contribution in [-0.4, -0.2) is 33.2 Å². The highest BCUT2D eigenvalue weighted by Gasteiger charge is 2.35. The van der Waals surface area contributed by atoms with E-state index in [-0.39, 0.29) is 11.7 Å². The van der Waals surface area contributed by atoms with Gasteiger partial charge in [0.15, 0.2) is 0 Å². The molecule has 6 nitrogen and oxygen atoms in total. The minimum absolute atomic E-state index is 0.251. The number of aryl methyl sites for hydroxylation is 2. The van der Waals surface area contributed by atoms with Crippen molar-refractivity contribution < 1.29 is 9.59 Å². The summed E-state index contributed by atoms with van der Waals surface area (Å²) in [7, 11) is 0. The van der Waals surface area contributed by atoms with Crippen LogP contribution < -0.4 is 4.90 Å². The standard InChI is InChI=1S/C22H24N4O2/c1-16-10-11-20-18(14-16)21(27)22(28)26(20)13-7-3-2-6-12-25-15-19(23-24-25)17-8-4-5-9-17/h4-5,8-11,14-15,17H,2-3,6-7,12-13H2,1H3. The van der Waals surface area contributed by atoms with Crippen LogP contribution in [-0.2, 0) is 11.3 Å². The topological polar surface area (TPSA) is 68.1 Å². The van der Waals surface area contributed by atoms with E-state index in [4.69, 9.17) is 0 Å². The Morgan fingerprint density at radius 3 is 2.54 bits per heavy atom.